The molecule has 0 amide bonds. The smallest absolute Gasteiger partial charge is 0.343 e. The fourth-order valence-corrected chi connectivity index (χ4v) is 4.47. The average molecular weight is 507 g/mol. The molecule has 0 saturated heterocycles. The highest BCUT2D eigenvalue weighted by atomic mass is 35.5. The number of rotatable bonds is 15. The van der Waals surface area contributed by atoms with Gasteiger partial charge in [0.15, 0.2) is 5.82 Å². The van der Waals surface area contributed by atoms with Crippen LogP contribution in [0.4, 0.5) is 0 Å². The Morgan fingerprint density at radius 3 is 2.00 bits per heavy atom. The van der Waals surface area contributed by atoms with E-state index in [4.69, 9.17) is 16.3 Å². The molecular weight excluding hydrogens is 468 g/mol. The first-order valence-corrected chi connectivity index (χ1v) is 13.9. The minimum atomic E-state index is -0.418. The number of aromatic nitrogens is 2. The first kappa shape index (κ1) is 27.9. The van der Waals surface area contributed by atoms with Crippen molar-refractivity contribution in [3.63, 3.8) is 0 Å². The number of hydrogen-bond acceptors (Lipinski definition) is 4. The van der Waals surface area contributed by atoms with Gasteiger partial charge in [0.05, 0.1) is 5.56 Å². The van der Waals surface area contributed by atoms with Crippen molar-refractivity contribution in [2.24, 2.45) is 0 Å². The minimum absolute atomic E-state index is 0.418. The molecule has 4 nitrogen and oxygen atoms in total. The Kier molecular flexibility index (Phi) is 11.9. The molecule has 0 bridgehead atoms. The summed E-state index contributed by atoms with van der Waals surface area (Å²) in [6, 6.07) is 12.7. The molecule has 0 N–H and O–H groups in total. The Balaban J connectivity index is 1.50. The van der Waals surface area contributed by atoms with Crippen molar-refractivity contribution in [1.82, 2.24) is 9.97 Å². The molecule has 0 fully saturated rings. The van der Waals surface area contributed by atoms with E-state index < -0.39 is 5.97 Å². The van der Waals surface area contributed by atoms with Crippen LogP contribution in [-0.4, -0.2) is 15.9 Å². The van der Waals surface area contributed by atoms with Gasteiger partial charge >= 0.3 is 5.97 Å². The van der Waals surface area contributed by atoms with Crippen LogP contribution < -0.4 is 4.74 Å². The molecule has 2 aromatic carbocycles. The third-order valence-corrected chi connectivity index (χ3v) is 6.79. The number of carbonyl (C=O) groups is 1. The summed E-state index contributed by atoms with van der Waals surface area (Å²) in [7, 11) is 0. The number of carbonyl (C=O) groups excluding carboxylic acids is 1. The van der Waals surface area contributed by atoms with Crippen LogP contribution in [0.3, 0.4) is 0 Å². The molecule has 3 rings (SSSR count). The molecule has 0 unspecified atom stereocenters. The minimum Gasteiger partial charge on any atom is -0.423 e. The topological polar surface area (TPSA) is 52.1 Å². The Hall–Kier alpha value is -2.72. The third kappa shape index (κ3) is 9.05. The number of esters is 1. The second-order valence-electron chi connectivity index (χ2n) is 9.46. The van der Waals surface area contributed by atoms with E-state index in [1.165, 1.54) is 63.4 Å². The van der Waals surface area contributed by atoms with Gasteiger partial charge in [0.1, 0.15) is 5.75 Å². The van der Waals surface area contributed by atoms with Crippen LogP contribution >= 0.6 is 11.6 Å². The summed E-state index contributed by atoms with van der Waals surface area (Å²) >= 11 is 6.44. The maximum atomic E-state index is 12.6. The summed E-state index contributed by atoms with van der Waals surface area (Å²) < 4.78 is 5.56. The van der Waals surface area contributed by atoms with Gasteiger partial charge in [0.25, 0.3) is 0 Å². The predicted molar refractivity (Wildman–Crippen MR) is 149 cm³/mol. The van der Waals surface area contributed by atoms with E-state index in [-0.39, 0.29) is 0 Å². The lowest BCUT2D eigenvalue weighted by atomic mass is 10.0. The van der Waals surface area contributed by atoms with Gasteiger partial charge in [-0.3, -0.25) is 0 Å². The number of hydrogen-bond donors (Lipinski definition) is 0. The standard InChI is InChI=1S/C31H39ClN2O2/c1-3-5-7-9-11-13-24-22-33-30(34-23-24)26-17-19-28(20-18-26)36-31(35)27-16-15-25(29(32)21-27)14-12-10-8-6-4-2/h15-23H,3-14H2,1-2H3. The van der Waals surface area contributed by atoms with Crippen molar-refractivity contribution in [2.75, 3.05) is 0 Å². The Morgan fingerprint density at radius 2 is 1.39 bits per heavy atom. The number of aryl methyl sites for hydroxylation is 2. The zero-order valence-corrected chi connectivity index (χ0v) is 22.5. The lowest BCUT2D eigenvalue weighted by Gasteiger charge is -2.09. The summed E-state index contributed by atoms with van der Waals surface area (Å²) in [5.74, 6) is 0.724. The number of ether oxygens (including phenoxy) is 1. The molecule has 0 atom stereocenters. The molecule has 0 aliphatic heterocycles. The van der Waals surface area contributed by atoms with E-state index in [0.717, 1.165) is 30.4 Å². The van der Waals surface area contributed by atoms with E-state index in [9.17, 15) is 4.79 Å². The molecule has 0 aliphatic carbocycles. The number of halogens is 1. The van der Waals surface area contributed by atoms with Crippen LogP contribution in [0.25, 0.3) is 11.4 Å². The fraction of sp³-hybridized carbons (Fsp3) is 0.452. The zero-order chi connectivity index (χ0) is 25.6. The van der Waals surface area contributed by atoms with Crippen molar-refractivity contribution in [3.05, 3.63) is 76.6 Å². The van der Waals surface area contributed by atoms with Crippen molar-refractivity contribution in [3.8, 4) is 17.1 Å². The fourth-order valence-electron chi connectivity index (χ4n) is 4.20. The Labute approximate surface area is 221 Å². The molecule has 192 valence electrons. The van der Waals surface area contributed by atoms with E-state index in [1.807, 2.05) is 30.6 Å². The molecule has 1 aromatic heterocycles. The van der Waals surface area contributed by atoms with E-state index in [1.54, 1.807) is 24.3 Å². The van der Waals surface area contributed by atoms with Crippen molar-refractivity contribution < 1.29 is 9.53 Å². The van der Waals surface area contributed by atoms with Crippen LogP contribution in [0, 0.1) is 0 Å². The summed E-state index contributed by atoms with van der Waals surface area (Å²) in [6.45, 7) is 4.45. The normalized spacial score (nSPS) is 11.0. The van der Waals surface area contributed by atoms with Crippen molar-refractivity contribution in [1.29, 1.82) is 0 Å². The van der Waals surface area contributed by atoms with Crippen LogP contribution in [-0.2, 0) is 12.8 Å². The Morgan fingerprint density at radius 1 is 0.778 bits per heavy atom. The molecule has 3 aromatic rings. The van der Waals surface area contributed by atoms with Gasteiger partial charge < -0.3 is 4.74 Å². The molecule has 1 heterocycles. The van der Waals surface area contributed by atoms with Crippen LogP contribution in [0.2, 0.25) is 5.02 Å². The molecule has 5 heteroatoms. The predicted octanol–water partition coefficient (Wildman–Crippen LogP) is 9.04. The van der Waals surface area contributed by atoms with E-state index in [0.29, 0.717) is 22.2 Å². The highest BCUT2D eigenvalue weighted by Crippen LogP contribution is 2.23. The largest absolute Gasteiger partial charge is 0.423 e. The van der Waals surface area contributed by atoms with E-state index >= 15 is 0 Å². The molecule has 0 saturated carbocycles. The lowest BCUT2D eigenvalue weighted by Crippen LogP contribution is -2.08. The molecule has 0 radical (unpaired) electrons. The summed E-state index contributed by atoms with van der Waals surface area (Å²) in [4.78, 5) is 21.7. The first-order chi connectivity index (χ1) is 17.6. The van der Waals surface area contributed by atoms with Gasteiger partial charge in [-0.25, -0.2) is 14.8 Å². The highest BCUT2D eigenvalue weighted by molar-refractivity contribution is 6.31. The maximum absolute atomic E-state index is 12.6. The van der Waals surface area contributed by atoms with Crippen LogP contribution in [0.5, 0.6) is 5.75 Å². The third-order valence-electron chi connectivity index (χ3n) is 6.44. The molecule has 36 heavy (non-hydrogen) atoms. The summed E-state index contributed by atoms with van der Waals surface area (Å²) in [6.07, 6.45) is 18.2. The SMILES string of the molecule is CCCCCCCc1cnc(-c2ccc(OC(=O)c3ccc(CCCCCCC)c(Cl)c3)cc2)nc1. The van der Waals surface area contributed by atoms with Crippen molar-refractivity contribution in [2.45, 2.75) is 90.9 Å². The summed E-state index contributed by atoms with van der Waals surface area (Å²) in [5, 5.41) is 0.622. The summed E-state index contributed by atoms with van der Waals surface area (Å²) in [5.41, 5.74) is 3.58. The molecular formula is C31H39ClN2O2. The molecule has 0 aliphatic rings. The second-order valence-corrected chi connectivity index (χ2v) is 9.87. The number of nitrogens with zero attached hydrogens (tertiary/aromatic N) is 2. The zero-order valence-electron chi connectivity index (χ0n) is 21.8. The quantitative estimate of drug-likeness (QED) is 0.117. The highest BCUT2D eigenvalue weighted by Gasteiger charge is 2.12. The van der Waals surface area contributed by atoms with Crippen LogP contribution in [0.15, 0.2) is 54.9 Å². The first-order valence-electron chi connectivity index (χ1n) is 13.5. The molecule has 0 spiro atoms. The maximum Gasteiger partial charge on any atom is 0.343 e. The second kappa shape index (κ2) is 15.4. The van der Waals surface area contributed by atoms with Gasteiger partial charge in [-0.1, -0.05) is 82.9 Å². The monoisotopic (exact) mass is 506 g/mol. The Bertz CT molecular complexity index is 1060. The van der Waals surface area contributed by atoms with Crippen LogP contribution in [0.1, 0.15) is 99.5 Å². The number of benzene rings is 2. The van der Waals surface area contributed by atoms with Gasteiger partial charge in [-0.2, -0.15) is 0 Å². The lowest BCUT2D eigenvalue weighted by molar-refractivity contribution is 0.0734. The van der Waals surface area contributed by atoms with Gasteiger partial charge in [-0.15, -0.1) is 0 Å². The van der Waals surface area contributed by atoms with E-state index in [2.05, 4.69) is 23.8 Å². The number of unbranched alkanes of at least 4 members (excludes halogenated alkanes) is 8. The van der Waals surface area contributed by atoms with Gasteiger partial charge in [-0.05, 0) is 73.2 Å². The van der Waals surface area contributed by atoms with Crippen molar-refractivity contribution >= 4 is 17.6 Å². The van der Waals surface area contributed by atoms with Gasteiger partial charge in [0, 0.05) is 23.0 Å². The van der Waals surface area contributed by atoms with Gasteiger partial charge in [0.2, 0.25) is 0 Å². The average Bonchev–Trinajstić information content (AvgIpc) is 2.90.